The minimum Gasteiger partial charge on any atom is -0.449 e. The van der Waals surface area contributed by atoms with Gasteiger partial charge in [0.1, 0.15) is 0 Å². The quantitative estimate of drug-likeness (QED) is 0.801. The Labute approximate surface area is 159 Å². The van der Waals surface area contributed by atoms with Crippen molar-refractivity contribution in [3.8, 4) is 0 Å². The van der Waals surface area contributed by atoms with E-state index in [0.717, 1.165) is 37.9 Å². The number of esters is 1. The molecule has 1 aliphatic heterocycles. The van der Waals surface area contributed by atoms with Crippen LogP contribution >= 0.6 is 0 Å². The normalized spacial score (nSPS) is 16.6. The summed E-state index contributed by atoms with van der Waals surface area (Å²) >= 11 is 0. The predicted octanol–water partition coefficient (Wildman–Crippen LogP) is 3.07. The molecule has 5 heteroatoms. The van der Waals surface area contributed by atoms with Gasteiger partial charge in [-0.05, 0) is 55.5 Å². The smallest absolute Gasteiger partial charge is 0.338 e. The average molecular weight is 364 g/mol. The summed E-state index contributed by atoms with van der Waals surface area (Å²) in [5, 5.41) is 2.85. The Morgan fingerprint density at radius 3 is 2.63 bits per heavy atom. The van der Waals surface area contributed by atoms with Crippen LogP contribution in [0.3, 0.4) is 0 Å². The first-order valence-corrected chi connectivity index (χ1v) is 9.53. The number of nitrogens with one attached hydrogen (secondary N) is 1. The van der Waals surface area contributed by atoms with E-state index in [0.29, 0.717) is 5.56 Å². The second-order valence-corrected chi connectivity index (χ2v) is 7.33. The molecule has 1 amide bonds. The summed E-state index contributed by atoms with van der Waals surface area (Å²) in [5.41, 5.74) is 4.28. The van der Waals surface area contributed by atoms with E-state index in [2.05, 4.69) is 34.5 Å². The summed E-state index contributed by atoms with van der Waals surface area (Å²) in [6.07, 6.45) is 2.31. The second-order valence-electron chi connectivity index (χ2n) is 7.33. The lowest BCUT2D eigenvalue weighted by Crippen LogP contribution is -2.37. The standard InChI is InChI=1S/C22H24N2O3/c1-15(21(25)23-19-10-11-19)27-22(26)18-8-6-16(7-9-18)14-24-13-12-17-4-2-3-5-20(17)24/h2-9,15,19H,10-14H2,1H3,(H,23,25)/t15-/m0/s1. The number of anilines is 1. The van der Waals surface area contributed by atoms with Crippen molar-refractivity contribution in [2.75, 3.05) is 11.4 Å². The molecule has 2 aliphatic rings. The van der Waals surface area contributed by atoms with Crippen molar-refractivity contribution in [2.45, 2.75) is 44.9 Å². The molecule has 1 heterocycles. The molecule has 1 N–H and O–H groups in total. The van der Waals surface area contributed by atoms with Crippen molar-refractivity contribution < 1.29 is 14.3 Å². The van der Waals surface area contributed by atoms with Crippen LogP contribution in [0.5, 0.6) is 0 Å². The molecular weight excluding hydrogens is 340 g/mol. The van der Waals surface area contributed by atoms with Crippen LogP contribution in [0, 0.1) is 0 Å². The zero-order chi connectivity index (χ0) is 18.8. The SMILES string of the molecule is C[C@H](OC(=O)c1ccc(CN2CCc3ccccc32)cc1)C(=O)NC1CC1. The van der Waals surface area contributed by atoms with Crippen molar-refractivity contribution >= 4 is 17.6 Å². The highest BCUT2D eigenvalue weighted by atomic mass is 16.5. The summed E-state index contributed by atoms with van der Waals surface area (Å²) in [4.78, 5) is 26.5. The van der Waals surface area contributed by atoms with E-state index in [-0.39, 0.29) is 11.9 Å². The maximum atomic E-state index is 12.3. The minimum atomic E-state index is -0.779. The summed E-state index contributed by atoms with van der Waals surface area (Å²) < 4.78 is 5.29. The summed E-state index contributed by atoms with van der Waals surface area (Å²) in [7, 11) is 0. The van der Waals surface area contributed by atoms with Crippen LogP contribution in [0.4, 0.5) is 5.69 Å². The third-order valence-electron chi connectivity index (χ3n) is 5.12. The van der Waals surface area contributed by atoms with Crippen molar-refractivity contribution in [3.05, 3.63) is 65.2 Å². The van der Waals surface area contributed by atoms with Gasteiger partial charge in [-0.1, -0.05) is 30.3 Å². The Kier molecular flexibility index (Phi) is 4.84. The maximum Gasteiger partial charge on any atom is 0.338 e. The predicted molar refractivity (Wildman–Crippen MR) is 104 cm³/mol. The number of para-hydroxylation sites is 1. The van der Waals surface area contributed by atoms with Gasteiger partial charge in [-0.25, -0.2) is 4.79 Å². The summed E-state index contributed by atoms with van der Waals surface area (Å²) in [5.74, 6) is -0.693. The number of carbonyl (C=O) groups excluding carboxylic acids is 2. The van der Waals surface area contributed by atoms with Gasteiger partial charge in [0.2, 0.25) is 0 Å². The van der Waals surface area contributed by atoms with Crippen LogP contribution in [0.15, 0.2) is 48.5 Å². The van der Waals surface area contributed by atoms with Crippen LogP contribution in [0.2, 0.25) is 0 Å². The zero-order valence-corrected chi connectivity index (χ0v) is 15.5. The fourth-order valence-corrected chi connectivity index (χ4v) is 3.37. The van der Waals surface area contributed by atoms with E-state index < -0.39 is 12.1 Å². The van der Waals surface area contributed by atoms with Crippen LogP contribution in [-0.2, 0) is 22.5 Å². The molecule has 1 aliphatic carbocycles. The highest BCUT2D eigenvalue weighted by Crippen LogP contribution is 2.28. The summed E-state index contributed by atoms with van der Waals surface area (Å²) in [6.45, 7) is 3.43. The van der Waals surface area contributed by atoms with E-state index in [1.807, 2.05) is 12.1 Å². The van der Waals surface area contributed by atoms with Gasteiger partial charge in [-0.15, -0.1) is 0 Å². The number of hydrogen-bond acceptors (Lipinski definition) is 4. The number of fused-ring (bicyclic) bond motifs is 1. The van der Waals surface area contributed by atoms with E-state index >= 15 is 0 Å². The number of rotatable bonds is 6. The third-order valence-corrected chi connectivity index (χ3v) is 5.12. The number of amides is 1. The van der Waals surface area contributed by atoms with Gasteiger partial charge in [0.15, 0.2) is 6.10 Å². The molecule has 5 nitrogen and oxygen atoms in total. The van der Waals surface area contributed by atoms with Gasteiger partial charge in [0.05, 0.1) is 5.56 Å². The van der Waals surface area contributed by atoms with E-state index in [1.165, 1.54) is 11.3 Å². The molecule has 2 aromatic carbocycles. The Morgan fingerprint density at radius 2 is 1.89 bits per heavy atom. The molecular formula is C22H24N2O3. The average Bonchev–Trinajstić information content (AvgIpc) is 3.41. The van der Waals surface area contributed by atoms with Gasteiger partial charge < -0.3 is 15.0 Å². The Balaban J connectivity index is 1.34. The molecule has 2 aromatic rings. The first kappa shape index (κ1) is 17.6. The lowest BCUT2D eigenvalue weighted by atomic mass is 10.1. The molecule has 0 unspecified atom stereocenters. The molecule has 1 saturated carbocycles. The topological polar surface area (TPSA) is 58.6 Å². The Hall–Kier alpha value is -2.82. The number of hydrogen-bond donors (Lipinski definition) is 1. The monoisotopic (exact) mass is 364 g/mol. The van der Waals surface area contributed by atoms with E-state index in [1.54, 1.807) is 19.1 Å². The van der Waals surface area contributed by atoms with E-state index in [4.69, 9.17) is 4.74 Å². The van der Waals surface area contributed by atoms with Gasteiger partial charge >= 0.3 is 5.97 Å². The van der Waals surface area contributed by atoms with Gasteiger partial charge in [0, 0.05) is 24.8 Å². The first-order valence-electron chi connectivity index (χ1n) is 9.53. The second kappa shape index (κ2) is 7.43. The molecule has 27 heavy (non-hydrogen) atoms. The van der Waals surface area contributed by atoms with Gasteiger partial charge in [-0.2, -0.15) is 0 Å². The molecule has 0 radical (unpaired) electrons. The van der Waals surface area contributed by atoms with Crippen molar-refractivity contribution in [1.29, 1.82) is 0 Å². The van der Waals surface area contributed by atoms with Crippen molar-refractivity contribution in [2.24, 2.45) is 0 Å². The largest absolute Gasteiger partial charge is 0.449 e. The molecule has 0 saturated heterocycles. The van der Waals surface area contributed by atoms with Gasteiger partial charge in [0.25, 0.3) is 5.91 Å². The van der Waals surface area contributed by atoms with Gasteiger partial charge in [-0.3, -0.25) is 4.79 Å². The maximum absolute atomic E-state index is 12.3. The van der Waals surface area contributed by atoms with Crippen LogP contribution in [0.1, 0.15) is 41.3 Å². The van der Waals surface area contributed by atoms with Crippen molar-refractivity contribution in [1.82, 2.24) is 5.32 Å². The fourth-order valence-electron chi connectivity index (χ4n) is 3.37. The Morgan fingerprint density at radius 1 is 1.15 bits per heavy atom. The molecule has 140 valence electrons. The van der Waals surface area contributed by atoms with Crippen LogP contribution in [-0.4, -0.2) is 30.6 Å². The lowest BCUT2D eigenvalue weighted by Gasteiger charge is -2.19. The number of ether oxygens (including phenoxy) is 1. The van der Waals surface area contributed by atoms with E-state index in [9.17, 15) is 9.59 Å². The Bertz CT molecular complexity index is 843. The fraction of sp³-hybridized carbons (Fsp3) is 0.364. The molecule has 1 fully saturated rings. The zero-order valence-electron chi connectivity index (χ0n) is 15.5. The third kappa shape index (κ3) is 4.13. The molecule has 0 aromatic heterocycles. The molecule has 0 bridgehead atoms. The highest BCUT2D eigenvalue weighted by molar-refractivity contribution is 5.92. The first-order chi connectivity index (χ1) is 13.1. The van der Waals surface area contributed by atoms with Crippen LogP contribution in [0.25, 0.3) is 0 Å². The lowest BCUT2D eigenvalue weighted by molar-refractivity contribution is -0.129. The molecule has 0 spiro atoms. The summed E-state index contributed by atoms with van der Waals surface area (Å²) in [6, 6.07) is 16.2. The highest BCUT2D eigenvalue weighted by Gasteiger charge is 2.27. The number of benzene rings is 2. The number of nitrogens with zero attached hydrogens (tertiary/aromatic N) is 1. The number of carbonyl (C=O) groups is 2. The molecule has 4 rings (SSSR count). The minimum absolute atomic E-state index is 0.227. The molecule has 1 atom stereocenters. The van der Waals surface area contributed by atoms with Crippen molar-refractivity contribution in [3.63, 3.8) is 0 Å². The van der Waals surface area contributed by atoms with Crippen LogP contribution < -0.4 is 10.2 Å².